The van der Waals surface area contributed by atoms with Gasteiger partial charge in [0.1, 0.15) is 30.5 Å². The smallest absolute Gasteiger partial charge is 0.406 e. The number of benzene rings is 3. The van der Waals surface area contributed by atoms with Crippen molar-refractivity contribution in [3.8, 4) is 51.0 Å². The third kappa shape index (κ3) is 16.9. The van der Waals surface area contributed by atoms with Crippen LogP contribution in [0.1, 0.15) is 82.1 Å². The summed E-state index contributed by atoms with van der Waals surface area (Å²) in [7, 11) is 0. The van der Waals surface area contributed by atoms with Crippen LogP contribution in [0.4, 0.5) is 39.5 Å². The highest BCUT2D eigenvalue weighted by Crippen LogP contribution is 2.33. The van der Waals surface area contributed by atoms with Gasteiger partial charge in [0.25, 0.3) is 0 Å². The van der Waals surface area contributed by atoms with Crippen molar-refractivity contribution in [3.05, 3.63) is 126 Å². The molecule has 0 aliphatic heterocycles. The number of aryl methyl sites for hydroxylation is 3. The number of halogens is 10. The summed E-state index contributed by atoms with van der Waals surface area (Å²) in [6.45, 7) is 5.10. The van der Waals surface area contributed by atoms with Gasteiger partial charge < -0.3 is 29.2 Å². The minimum Gasteiger partial charge on any atom is -0.406 e. The van der Waals surface area contributed by atoms with E-state index in [1.165, 1.54) is 60.9 Å². The molecule has 6 aromatic heterocycles. The number of aliphatic hydroxyl groups is 2. The third-order valence-corrected chi connectivity index (χ3v) is 11.2. The first kappa shape index (κ1) is 62.1. The Bertz CT molecular complexity index is 3330. The van der Waals surface area contributed by atoms with Gasteiger partial charge in [-0.3, -0.25) is 28.2 Å². The van der Waals surface area contributed by atoms with Crippen molar-refractivity contribution in [2.75, 3.05) is 0 Å². The Hall–Kier alpha value is -7.75. The number of aromatic nitrogens is 12. The van der Waals surface area contributed by atoms with Crippen LogP contribution in [0.3, 0.4) is 0 Å². The van der Waals surface area contributed by atoms with E-state index in [-0.39, 0.29) is 58.1 Å². The summed E-state index contributed by atoms with van der Waals surface area (Å²) in [4.78, 5) is 12.8. The van der Waals surface area contributed by atoms with Crippen molar-refractivity contribution in [2.24, 2.45) is 0 Å². The van der Waals surface area contributed by atoms with Crippen molar-refractivity contribution in [1.82, 2.24) is 58.7 Å². The second-order valence-electron chi connectivity index (χ2n) is 17.0. The number of rotatable bonds is 11. The average molecular weight is 1140 g/mol. The molecule has 0 amide bonds. The molecule has 2 N–H and O–H groups in total. The monoisotopic (exact) mass is 1140 g/mol. The first-order valence-corrected chi connectivity index (χ1v) is 23.2. The molecule has 0 spiro atoms. The lowest BCUT2D eigenvalue weighted by Gasteiger charge is -2.12. The second kappa shape index (κ2) is 25.8. The first-order chi connectivity index (χ1) is 36.0. The molecular weight excluding hydrogens is 1080 g/mol. The number of hydrogen-bond donors (Lipinski definition) is 2. The minimum absolute atomic E-state index is 0. The third-order valence-electron chi connectivity index (χ3n) is 11.0. The Balaban J connectivity index is 0.000000207. The van der Waals surface area contributed by atoms with E-state index in [1.807, 2.05) is 0 Å². The Morgan fingerprint density at radius 3 is 1.15 bits per heavy atom. The number of alkyl halides is 10. The quantitative estimate of drug-likeness (QED) is 0.0912. The fourth-order valence-electron chi connectivity index (χ4n) is 7.13. The molecule has 9 aromatic rings. The average Bonchev–Trinajstić information content (AvgIpc) is 4.23. The highest BCUT2D eigenvalue weighted by Gasteiger charge is 2.33. The van der Waals surface area contributed by atoms with Gasteiger partial charge in [-0.15, -0.1) is 81.7 Å². The van der Waals surface area contributed by atoms with E-state index < -0.39 is 19.1 Å². The number of nitrogens with zero attached hydrogens (tertiary/aromatic N) is 12. The van der Waals surface area contributed by atoms with Crippen LogP contribution in [0, 0.1) is 20.8 Å². The largest absolute Gasteiger partial charge is 0.573 e. The number of aliphatic hydroxyl groups excluding tert-OH is 2. The van der Waals surface area contributed by atoms with Crippen LogP contribution < -0.4 is 14.2 Å². The van der Waals surface area contributed by atoms with Crippen LogP contribution in [0.5, 0.6) is 17.2 Å². The first-order valence-electron chi connectivity index (χ1n) is 22.7. The lowest BCUT2D eigenvalue weighted by Crippen LogP contribution is -2.17. The molecule has 2 fully saturated rings. The lowest BCUT2D eigenvalue weighted by molar-refractivity contribution is -0.275. The molecule has 424 valence electrons. The molecule has 28 heteroatoms. The van der Waals surface area contributed by atoms with Crippen molar-refractivity contribution >= 4 is 28.5 Å². The maximum Gasteiger partial charge on any atom is 0.573 e. The molecule has 0 atom stereocenters. The van der Waals surface area contributed by atoms with Gasteiger partial charge in [-0.25, -0.2) is 0 Å². The van der Waals surface area contributed by atoms with E-state index >= 15 is 0 Å². The van der Waals surface area contributed by atoms with Gasteiger partial charge in [-0.2, -0.15) is 0 Å². The molecule has 0 saturated heterocycles. The van der Waals surface area contributed by atoms with Crippen molar-refractivity contribution in [3.63, 3.8) is 0 Å². The molecule has 11 rings (SSSR count). The molecule has 6 heterocycles. The van der Waals surface area contributed by atoms with Crippen molar-refractivity contribution in [1.29, 1.82) is 0 Å². The zero-order valence-corrected chi connectivity index (χ0v) is 40.7. The van der Waals surface area contributed by atoms with E-state index in [4.69, 9.17) is 21.4 Å². The molecule has 3 aromatic carbocycles. The summed E-state index contributed by atoms with van der Waals surface area (Å²) in [6.07, 6.45) is 0.0650. The molecule has 18 nitrogen and oxygen atoms in total. The number of fused-ring (bicyclic) bond motifs is 3. The van der Waals surface area contributed by atoms with E-state index in [1.54, 1.807) is 64.8 Å². The number of ether oxygens (including phenoxy) is 4. The van der Waals surface area contributed by atoms with Crippen LogP contribution in [-0.2, 0) is 23.8 Å². The van der Waals surface area contributed by atoms with Gasteiger partial charge in [0.05, 0.1) is 53.8 Å². The molecule has 79 heavy (non-hydrogen) atoms. The molecule has 0 radical (unpaired) electrons. The Morgan fingerprint density at radius 2 is 0.848 bits per heavy atom. The normalized spacial score (nSPS) is 13.1. The molecule has 2 saturated carbocycles. The fourth-order valence-corrected chi connectivity index (χ4v) is 7.31. The molecule has 2 aliphatic carbocycles. The van der Waals surface area contributed by atoms with Crippen LogP contribution in [0.2, 0.25) is 0 Å². The predicted octanol–water partition coefficient (Wildman–Crippen LogP) is 12.0. The SMILES string of the molecule is C.C.C.Cc1cc(OC(F)(F)F)ccc1-c1cn2c(CCl)nnc2cn1.Cc1cc(OC(F)(F)F)ccc1-c1cn2c(CO)nnc2cn1.Cc1cc(OC(F)(F)F)ccc1-c1cn2c(COC3CC3)nnc2cn1.OC1CC1. The fraction of sp³-hybridized carbons (Fsp3) is 0.353. The van der Waals surface area contributed by atoms with Crippen LogP contribution >= 0.6 is 11.6 Å². The Kier molecular flexibility index (Phi) is 20.3. The molecule has 0 bridgehead atoms. The van der Waals surface area contributed by atoms with Gasteiger partial charge in [0.2, 0.25) is 0 Å². The van der Waals surface area contributed by atoms with Gasteiger partial charge in [0.15, 0.2) is 34.4 Å². The van der Waals surface area contributed by atoms with Crippen LogP contribution in [-0.4, -0.2) is 100 Å². The Labute approximate surface area is 450 Å². The van der Waals surface area contributed by atoms with E-state index in [2.05, 4.69) is 59.8 Å². The van der Waals surface area contributed by atoms with E-state index in [9.17, 15) is 44.6 Å². The summed E-state index contributed by atoms with van der Waals surface area (Å²) in [6, 6.07) is 12.2. The van der Waals surface area contributed by atoms with Crippen molar-refractivity contribution in [2.45, 2.75) is 119 Å². The second-order valence-corrected chi connectivity index (χ2v) is 17.2. The number of hydrogen-bond acceptors (Lipinski definition) is 15. The van der Waals surface area contributed by atoms with Gasteiger partial charge in [0, 0.05) is 35.3 Å². The van der Waals surface area contributed by atoms with Crippen LogP contribution in [0.25, 0.3) is 50.7 Å². The van der Waals surface area contributed by atoms with Crippen molar-refractivity contribution < 1.29 is 68.7 Å². The zero-order valence-electron chi connectivity index (χ0n) is 39.9. The summed E-state index contributed by atoms with van der Waals surface area (Å²) in [5.74, 6) is 0.916. The van der Waals surface area contributed by atoms with Gasteiger partial charge >= 0.3 is 19.1 Å². The topological polar surface area (TPSA) is 207 Å². The summed E-state index contributed by atoms with van der Waals surface area (Å²) in [5, 5.41) is 41.0. The lowest BCUT2D eigenvalue weighted by atomic mass is 10.1. The van der Waals surface area contributed by atoms with E-state index in [0.717, 1.165) is 25.7 Å². The van der Waals surface area contributed by atoms with Gasteiger partial charge in [-0.05, 0) is 118 Å². The molecule has 2 aliphatic rings. The zero-order chi connectivity index (χ0) is 54.5. The summed E-state index contributed by atoms with van der Waals surface area (Å²) < 4.78 is 133. The van der Waals surface area contributed by atoms with Gasteiger partial charge in [-0.1, -0.05) is 22.3 Å². The Morgan fingerprint density at radius 1 is 0.519 bits per heavy atom. The standard InChI is InChI=1S/C17H15F3N4O2.C14H10ClF3N4O.C14H11F3N4O2.C3H6O.3CH4/c1-10-6-12(26-17(18,19)20)4-5-13(10)14-8-24-15(7-21-14)22-23-16(24)9-25-11-2-3-11;1-8-4-9(23-14(16,17)18)2-3-10(8)11-7-22-12(5-15)20-21-13(22)6-19-11;1-8-4-9(23-14(15,16)17)2-3-10(8)11-6-21-12(5-18-11)19-20-13(21)7-22;4-3-1-2-3;;;/h4-8,11H,2-3,9H2,1H3;2-4,6-7H,5H2,1H3;2-6,22H,7H2,1H3;3-4H,1-2H2;3*1H4. The maximum absolute atomic E-state index is 12.4. The molecule has 0 unspecified atom stereocenters. The summed E-state index contributed by atoms with van der Waals surface area (Å²) in [5.41, 5.74) is 7.06. The highest BCUT2D eigenvalue weighted by molar-refractivity contribution is 6.16. The van der Waals surface area contributed by atoms with E-state index in [0.29, 0.717) is 97.6 Å². The maximum atomic E-state index is 12.4. The van der Waals surface area contributed by atoms with Crippen LogP contribution in [0.15, 0.2) is 91.8 Å². The molecular formula is C51H54ClF9N12O6. The minimum atomic E-state index is -4.73. The highest BCUT2D eigenvalue weighted by atomic mass is 35.5. The summed E-state index contributed by atoms with van der Waals surface area (Å²) >= 11 is 5.79. The predicted molar refractivity (Wildman–Crippen MR) is 272 cm³/mol.